The van der Waals surface area contributed by atoms with Crippen LogP contribution in [0.15, 0.2) is 67.3 Å². The molecule has 0 aliphatic rings. The highest BCUT2D eigenvalue weighted by Gasteiger charge is 2.39. The van der Waals surface area contributed by atoms with Crippen LogP contribution >= 0.6 is 0 Å². The van der Waals surface area contributed by atoms with E-state index in [9.17, 15) is 4.79 Å². The van der Waals surface area contributed by atoms with Crippen molar-refractivity contribution in [2.45, 2.75) is 38.6 Å². The number of aryl methyl sites for hydroxylation is 2. The minimum atomic E-state index is -0.938. The Kier molecular flexibility index (Phi) is 6.73. The molecule has 0 aliphatic heterocycles. The van der Waals surface area contributed by atoms with E-state index in [0.717, 1.165) is 35.1 Å². The zero-order valence-corrected chi connectivity index (χ0v) is 17.1. The van der Waals surface area contributed by atoms with Gasteiger partial charge in [-0.25, -0.2) is 0 Å². The van der Waals surface area contributed by atoms with Crippen LogP contribution in [0.1, 0.15) is 34.2 Å². The number of hydrogen-bond donors (Lipinski definition) is 2. The first-order valence-corrected chi connectivity index (χ1v) is 9.92. The van der Waals surface area contributed by atoms with Crippen molar-refractivity contribution in [1.82, 2.24) is 15.3 Å². The molecule has 0 saturated heterocycles. The van der Waals surface area contributed by atoms with E-state index in [1.165, 1.54) is 5.56 Å². The number of amides is 1. The SMILES string of the molecule is Cc1cccc(C(CCc2ccncc2)(NCCc2ccncc2)C(N)=O)c1C. The van der Waals surface area contributed by atoms with Crippen LogP contribution in [0, 0.1) is 13.8 Å². The summed E-state index contributed by atoms with van der Waals surface area (Å²) in [5.41, 5.74) is 10.6. The van der Waals surface area contributed by atoms with E-state index in [4.69, 9.17) is 5.73 Å². The number of nitrogens with one attached hydrogen (secondary N) is 1. The molecule has 2 aromatic heterocycles. The number of benzene rings is 1. The number of carbonyl (C=O) groups excluding carboxylic acids is 1. The molecule has 3 rings (SSSR count). The van der Waals surface area contributed by atoms with Crippen LogP contribution < -0.4 is 11.1 Å². The molecule has 1 atom stereocenters. The number of pyridine rings is 2. The predicted octanol–water partition coefficient (Wildman–Crippen LogP) is 3.24. The van der Waals surface area contributed by atoms with E-state index >= 15 is 0 Å². The van der Waals surface area contributed by atoms with Crippen molar-refractivity contribution in [3.05, 3.63) is 95.1 Å². The summed E-state index contributed by atoms with van der Waals surface area (Å²) in [6.07, 6.45) is 9.20. The van der Waals surface area contributed by atoms with E-state index in [2.05, 4.69) is 35.2 Å². The normalized spacial score (nSPS) is 13.0. The van der Waals surface area contributed by atoms with Crippen LogP contribution in [0.2, 0.25) is 0 Å². The van der Waals surface area contributed by atoms with Crippen molar-refractivity contribution in [3.8, 4) is 0 Å². The van der Waals surface area contributed by atoms with Crippen LogP contribution in [-0.2, 0) is 23.2 Å². The van der Waals surface area contributed by atoms with Gasteiger partial charge in [-0.05, 0) is 85.2 Å². The van der Waals surface area contributed by atoms with Gasteiger partial charge in [0.15, 0.2) is 0 Å². The lowest BCUT2D eigenvalue weighted by atomic mass is 9.80. The van der Waals surface area contributed by atoms with Crippen molar-refractivity contribution in [3.63, 3.8) is 0 Å². The highest BCUT2D eigenvalue weighted by Crippen LogP contribution is 2.31. The Morgan fingerprint density at radius 1 is 0.931 bits per heavy atom. The van der Waals surface area contributed by atoms with E-state index in [1.807, 2.05) is 36.4 Å². The second-order valence-electron chi connectivity index (χ2n) is 7.40. The quantitative estimate of drug-likeness (QED) is 0.590. The lowest BCUT2D eigenvalue weighted by Gasteiger charge is -2.34. The summed E-state index contributed by atoms with van der Waals surface area (Å²) in [6.45, 7) is 4.75. The van der Waals surface area contributed by atoms with Gasteiger partial charge in [0.05, 0.1) is 0 Å². The number of rotatable bonds is 9. The largest absolute Gasteiger partial charge is 0.368 e. The number of nitrogens with zero attached hydrogens (tertiary/aromatic N) is 2. The number of nitrogens with two attached hydrogens (primary N) is 1. The molecule has 0 bridgehead atoms. The van der Waals surface area contributed by atoms with Crippen LogP contribution in [-0.4, -0.2) is 22.4 Å². The molecule has 0 fully saturated rings. The Bertz CT molecular complexity index is 944. The predicted molar refractivity (Wildman–Crippen MR) is 115 cm³/mol. The Morgan fingerprint density at radius 2 is 1.52 bits per heavy atom. The second-order valence-corrected chi connectivity index (χ2v) is 7.40. The zero-order chi connectivity index (χ0) is 20.7. The second kappa shape index (κ2) is 9.43. The molecule has 1 aromatic carbocycles. The maximum absolute atomic E-state index is 12.9. The summed E-state index contributed by atoms with van der Waals surface area (Å²) in [4.78, 5) is 21.0. The Hall–Kier alpha value is -3.05. The van der Waals surface area contributed by atoms with Crippen LogP contribution in [0.3, 0.4) is 0 Å². The fraction of sp³-hybridized carbons (Fsp3) is 0.292. The first-order chi connectivity index (χ1) is 14.0. The molecule has 5 nitrogen and oxygen atoms in total. The number of carbonyl (C=O) groups is 1. The number of hydrogen-bond acceptors (Lipinski definition) is 4. The molecule has 29 heavy (non-hydrogen) atoms. The van der Waals surface area contributed by atoms with Gasteiger partial charge in [0.2, 0.25) is 5.91 Å². The molecular weight excluding hydrogens is 360 g/mol. The molecular formula is C24H28N4O. The third kappa shape index (κ3) is 4.87. The molecule has 3 N–H and O–H groups in total. The van der Waals surface area contributed by atoms with Crippen LogP contribution in [0.25, 0.3) is 0 Å². The average molecular weight is 389 g/mol. The lowest BCUT2D eigenvalue weighted by Crippen LogP contribution is -2.54. The minimum absolute atomic E-state index is 0.352. The summed E-state index contributed by atoms with van der Waals surface area (Å²) in [5.74, 6) is -0.352. The van der Waals surface area contributed by atoms with E-state index in [0.29, 0.717) is 13.0 Å². The van der Waals surface area contributed by atoms with Crippen LogP contribution in [0.4, 0.5) is 0 Å². The van der Waals surface area contributed by atoms with E-state index < -0.39 is 5.54 Å². The van der Waals surface area contributed by atoms with Gasteiger partial charge in [0.25, 0.3) is 0 Å². The smallest absolute Gasteiger partial charge is 0.242 e. The maximum atomic E-state index is 12.9. The van der Waals surface area contributed by atoms with Crippen LogP contribution in [0.5, 0.6) is 0 Å². The van der Waals surface area contributed by atoms with Gasteiger partial charge in [-0.1, -0.05) is 18.2 Å². The van der Waals surface area contributed by atoms with Crippen molar-refractivity contribution in [2.24, 2.45) is 5.73 Å². The fourth-order valence-corrected chi connectivity index (χ4v) is 3.73. The van der Waals surface area contributed by atoms with Gasteiger partial charge in [-0.15, -0.1) is 0 Å². The molecule has 0 aliphatic carbocycles. The van der Waals surface area contributed by atoms with Gasteiger partial charge in [0, 0.05) is 31.3 Å². The van der Waals surface area contributed by atoms with Crippen molar-refractivity contribution < 1.29 is 4.79 Å². The molecule has 0 saturated carbocycles. The molecule has 0 radical (unpaired) electrons. The molecule has 150 valence electrons. The van der Waals surface area contributed by atoms with E-state index in [1.54, 1.807) is 24.8 Å². The third-order valence-corrected chi connectivity index (χ3v) is 5.61. The molecule has 5 heteroatoms. The Labute approximate surface area is 172 Å². The summed E-state index contributed by atoms with van der Waals surface area (Å²) >= 11 is 0. The Morgan fingerprint density at radius 3 is 2.10 bits per heavy atom. The third-order valence-electron chi connectivity index (χ3n) is 5.61. The molecule has 0 spiro atoms. The highest BCUT2D eigenvalue weighted by molar-refractivity contribution is 5.86. The summed E-state index contributed by atoms with van der Waals surface area (Å²) in [7, 11) is 0. The van der Waals surface area contributed by atoms with Gasteiger partial charge >= 0.3 is 0 Å². The van der Waals surface area contributed by atoms with Gasteiger partial charge in [-0.2, -0.15) is 0 Å². The minimum Gasteiger partial charge on any atom is -0.368 e. The Balaban J connectivity index is 1.91. The van der Waals surface area contributed by atoms with Gasteiger partial charge in [0.1, 0.15) is 5.54 Å². The van der Waals surface area contributed by atoms with Gasteiger partial charge in [-0.3, -0.25) is 20.1 Å². The monoisotopic (exact) mass is 388 g/mol. The fourth-order valence-electron chi connectivity index (χ4n) is 3.73. The summed E-state index contributed by atoms with van der Waals surface area (Å²) in [6, 6.07) is 14.0. The first-order valence-electron chi connectivity index (χ1n) is 9.92. The van der Waals surface area contributed by atoms with Crippen molar-refractivity contribution in [2.75, 3.05) is 6.54 Å². The van der Waals surface area contributed by atoms with Crippen molar-refractivity contribution in [1.29, 1.82) is 0 Å². The zero-order valence-electron chi connectivity index (χ0n) is 17.1. The molecule has 2 heterocycles. The summed E-state index contributed by atoms with van der Waals surface area (Å²) in [5, 5.41) is 3.53. The first kappa shape index (κ1) is 20.7. The van der Waals surface area contributed by atoms with E-state index in [-0.39, 0.29) is 5.91 Å². The topological polar surface area (TPSA) is 80.9 Å². The highest BCUT2D eigenvalue weighted by atomic mass is 16.1. The van der Waals surface area contributed by atoms with Gasteiger partial charge < -0.3 is 5.73 Å². The maximum Gasteiger partial charge on any atom is 0.242 e. The standard InChI is InChI=1S/C24H28N4O/c1-18-4-3-5-22(19(18)2)24(23(25)29,12-6-20-7-13-26-14-8-20)28-17-11-21-9-15-27-16-10-21/h3-5,7-10,13-16,28H,6,11-12,17H2,1-2H3,(H2,25,29). The van der Waals surface area contributed by atoms with Crippen molar-refractivity contribution >= 4 is 5.91 Å². The molecule has 1 amide bonds. The summed E-state index contributed by atoms with van der Waals surface area (Å²) < 4.78 is 0. The number of aromatic nitrogens is 2. The lowest BCUT2D eigenvalue weighted by molar-refractivity contribution is -0.125. The average Bonchev–Trinajstić information content (AvgIpc) is 2.74. The molecule has 3 aromatic rings. The number of primary amides is 1. The molecule has 1 unspecified atom stereocenters.